The van der Waals surface area contributed by atoms with Crippen molar-refractivity contribution >= 4 is 29.3 Å². The number of halogens is 3. The van der Waals surface area contributed by atoms with Crippen LogP contribution in [0, 0.1) is 12.7 Å². The molecule has 0 saturated carbocycles. The average molecular weight is 479 g/mol. The Kier molecular flexibility index (Phi) is 6.72. The van der Waals surface area contributed by atoms with E-state index in [2.05, 4.69) is 0 Å². The quantitative estimate of drug-likeness (QED) is 0.641. The second kappa shape index (κ2) is 9.38. The molecule has 33 heavy (non-hydrogen) atoms. The second-order valence-corrected chi connectivity index (χ2v) is 9.54. The summed E-state index contributed by atoms with van der Waals surface area (Å²) in [4.78, 5) is 28.3. The molecule has 2 aliphatic rings. The van der Waals surface area contributed by atoms with Crippen molar-refractivity contribution in [1.82, 2.24) is 4.90 Å². The smallest absolute Gasteiger partial charge is 0.335 e. The maximum absolute atomic E-state index is 13.5. The zero-order valence-corrected chi connectivity index (χ0v) is 19.0. The molecule has 2 aromatic carbocycles. The van der Waals surface area contributed by atoms with Gasteiger partial charge in [0.2, 0.25) is 5.91 Å². The summed E-state index contributed by atoms with van der Waals surface area (Å²) >= 11 is 1.43. The number of nitrogens with zero attached hydrogens (tertiary/aromatic N) is 2. The highest BCUT2D eigenvalue weighted by atomic mass is 32.2. The van der Waals surface area contributed by atoms with Crippen LogP contribution in [-0.2, 0) is 11.2 Å². The highest BCUT2D eigenvalue weighted by Crippen LogP contribution is 2.43. The van der Waals surface area contributed by atoms with Crippen molar-refractivity contribution < 1.29 is 27.9 Å². The van der Waals surface area contributed by atoms with Gasteiger partial charge in [0.25, 0.3) is 5.92 Å². The maximum Gasteiger partial charge on any atom is 0.335 e. The molecule has 5 nitrogen and oxygen atoms in total. The zero-order chi connectivity index (χ0) is 23.8. The number of carboxylic acid groups (broad SMARTS) is 1. The summed E-state index contributed by atoms with van der Waals surface area (Å²) in [6, 6.07) is 9.14. The summed E-state index contributed by atoms with van der Waals surface area (Å²) in [6.07, 6.45) is -0.0173. The molecule has 1 N–H and O–H groups in total. The van der Waals surface area contributed by atoms with E-state index in [9.17, 15) is 27.9 Å². The van der Waals surface area contributed by atoms with Crippen LogP contribution < -0.4 is 4.90 Å². The molecule has 1 unspecified atom stereocenters. The number of likely N-dealkylation sites (tertiary alicyclic amines) is 1. The van der Waals surface area contributed by atoms with Gasteiger partial charge in [0, 0.05) is 38.2 Å². The molecule has 2 fully saturated rings. The SMILES string of the molecule is Cc1c(N2C(=O)CSC2c2ccc(F)cc2)ccc(C(=O)O)c1CCN1CCC(F)(F)CC1. The lowest BCUT2D eigenvalue weighted by Gasteiger charge is -2.32. The van der Waals surface area contributed by atoms with Crippen molar-refractivity contribution in [2.75, 3.05) is 30.3 Å². The molecular formula is C24H25F3N2O3S. The third-order valence-corrected chi connectivity index (χ3v) is 7.56. The summed E-state index contributed by atoms with van der Waals surface area (Å²) in [7, 11) is 0. The van der Waals surface area contributed by atoms with Crippen molar-refractivity contribution in [3.63, 3.8) is 0 Å². The molecule has 0 radical (unpaired) electrons. The molecule has 1 atom stereocenters. The first-order valence-corrected chi connectivity index (χ1v) is 11.9. The summed E-state index contributed by atoms with van der Waals surface area (Å²) in [5, 5.41) is 9.38. The van der Waals surface area contributed by atoms with Crippen LogP contribution in [0.5, 0.6) is 0 Å². The fourth-order valence-electron chi connectivity index (χ4n) is 4.46. The molecule has 0 aromatic heterocycles. The first-order valence-electron chi connectivity index (χ1n) is 10.8. The molecule has 2 aliphatic heterocycles. The van der Waals surface area contributed by atoms with Gasteiger partial charge in [0.15, 0.2) is 0 Å². The normalized spacial score (nSPS) is 20.9. The van der Waals surface area contributed by atoms with Crippen molar-refractivity contribution in [1.29, 1.82) is 0 Å². The van der Waals surface area contributed by atoms with Crippen LogP contribution in [0.1, 0.15) is 45.3 Å². The molecule has 2 aromatic rings. The van der Waals surface area contributed by atoms with E-state index < -0.39 is 11.9 Å². The average Bonchev–Trinajstić information content (AvgIpc) is 3.15. The Morgan fingerprint density at radius 1 is 1.15 bits per heavy atom. The molecule has 0 bridgehead atoms. The minimum absolute atomic E-state index is 0.107. The fraction of sp³-hybridized carbons (Fsp3) is 0.417. The third-order valence-electron chi connectivity index (χ3n) is 6.35. The summed E-state index contributed by atoms with van der Waals surface area (Å²) < 4.78 is 40.3. The predicted molar refractivity (Wildman–Crippen MR) is 122 cm³/mol. The number of anilines is 1. The van der Waals surface area contributed by atoms with E-state index in [4.69, 9.17) is 0 Å². The number of aromatic carboxylic acids is 1. The number of hydrogen-bond donors (Lipinski definition) is 1. The molecule has 9 heteroatoms. The van der Waals surface area contributed by atoms with E-state index >= 15 is 0 Å². The number of carbonyl (C=O) groups is 2. The molecule has 0 aliphatic carbocycles. The molecule has 0 spiro atoms. The summed E-state index contributed by atoms with van der Waals surface area (Å²) in [5.74, 6) is -3.91. The van der Waals surface area contributed by atoms with Gasteiger partial charge in [-0.1, -0.05) is 12.1 Å². The Hall–Kier alpha value is -2.52. The molecule has 1 amide bonds. The summed E-state index contributed by atoms with van der Waals surface area (Å²) in [5.41, 5.74) is 2.82. The number of carboxylic acids is 1. The van der Waals surface area contributed by atoms with Crippen LogP contribution in [0.15, 0.2) is 36.4 Å². The fourth-order valence-corrected chi connectivity index (χ4v) is 5.63. The number of amides is 1. The molecule has 176 valence electrons. The Labute approximate surface area is 194 Å². The Balaban J connectivity index is 1.63. The lowest BCUT2D eigenvalue weighted by Crippen LogP contribution is -2.40. The second-order valence-electron chi connectivity index (χ2n) is 8.47. The predicted octanol–water partition coefficient (Wildman–Crippen LogP) is 4.88. The van der Waals surface area contributed by atoms with Gasteiger partial charge in [0.1, 0.15) is 11.2 Å². The van der Waals surface area contributed by atoms with Gasteiger partial charge in [-0.3, -0.25) is 9.69 Å². The molecular weight excluding hydrogens is 453 g/mol. The number of alkyl halides is 2. The summed E-state index contributed by atoms with van der Waals surface area (Å²) in [6.45, 7) is 2.79. The topological polar surface area (TPSA) is 60.9 Å². The highest BCUT2D eigenvalue weighted by molar-refractivity contribution is 8.00. The Bertz CT molecular complexity index is 1050. The highest BCUT2D eigenvalue weighted by Gasteiger charge is 2.36. The van der Waals surface area contributed by atoms with E-state index in [1.165, 1.54) is 30.0 Å². The van der Waals surface area contributed by atoms with E-state index in [1.54, 1.807) is 30.0 Å². The van der Waals surface area contributed by atoms with Gasteiger partial charge in [-0.2, -0.15) is 0 Å². The number of thioether (sulfide) groups is 1. The van der Waals surface area contributed by atoms with Crippen LogP contribution in [0.2, 0.25) is 0 Å². The zero-order valence-electron chi connectivity index (χ0n) is 18.2. The van der Waals surface area contributed by atoms with Crippen LogP contribution in [-0.4, -0.2) is 53.2 Å². The minimum Gasteiger partial charge on any atom is -0.478 e. The number of carbonyl (C=O) groups excluding carboxylic acids is 1. The molecule has 2 saturated heterocycles. The lowest BCUT2D eigenvalue weighted by atomic mass is 9.95. The van der Waals surface area contributed by atoms with Gasteiger partial charge < -0.3 is 10.0 Å². The van der Waals surface area contributed by atoms with Crippen molar-refractivity contribution in [2.24, 2.45) is 0 Å². The molecule has 2 heterocycles. The van der Waals surface area contributed by atoms with Crippen LogP contribution >= 0.6 is 11.8 Å². The number of rotatable bonds is 6. The van der Waals surface area contributed by atoms with E-state index in [0.29, 0.717) is 29.8 Å². The number of piperidine rings is 1. The van der Waals surface area contributed by atoms with Crippen molar-refractivity contribution in [2.45, 2.75) is 37.5 Å². The van der Waals surface area contributed by atoms with E-state index in [-0.39, 0.29) is 54.3 Å². The lowest BCUT2D eigenvalue weighted by molar-refractivity contribution is -0.115. The van der Waals surface area contributed by atoms with Crippen molar-refractivity contribution in [3.05, 3.63) is 64.5 Å². The van der Waals surface area contributed by atoms with Crippen LogP contribution in [0.4, 0.5) is 18.9 Å². The van der Waals surface area contributed by atoms with Gasteiger partial charge >= 0.3 is 5.97 Å². The maximum atomic E-state index is 13.5. The largest absolute Gasteiger partial charge is 0.478 e. The van der Waals surface area contributed by atoms with Gasteiger partial charge in [0.05, 0.1) is 11.3 Å². The number of benzene rings is 2. The number of hydrogen-bond acceptors (Lipinski definition) is 4. The first-order chi connectivity index (χ1) is 15.7. The standard InChI is InChI=1S/C24H25F3N2O3S/c1-15-18(8-11-28-12-9-24(26,27)10-13-28)19(23(31)32)6-7-20(15)29-21(30)14-33-22(29)16-2-4-17(25)5-3-16/h2-7,22H,8-14H2,1H3,(H,31,32). The van der Waals surface area contributed by atoms with Gasteiger partial charge in [-0.15, -0.1) is 11.8 Å². The first kappa shape index (κ1) is 23.6. The molecule has 4 rings (SSSR count). The van der Waals surface area contributed by atoms with Crippen LogP contribution in [0.3, 0.4) is 0 Å². The Morgan fingerprint density at radius 2 is 1.82 bits per heavy atom. The van der Waals surface area contributed by atoms with Crippen molar-refractivity contribution in [3.8, 4) is 0 Å². The third kappa shape index (κ3) is 5.04. The minimum atomic E-state index is -2.64. The monoisotopic (exact) mass is 478 g/mol. The van der Waals surface area contributed by atoms with E-state index in [1.807, 2.05) is 4.90 Å². The van der Waals surface area contributed by atoms with E-state index in [0.717, 1.165) is 5.56 Å². The van der Waals surface area contributed by atoms with Gasteiger partial charge in [-0.25, -0.2) is 18.0 Å². The Morgan fingerprint density at radius 3 is 2.45 bits per heavy atom. The van der Waals surface area contributed by atoms with Crippen LogP contribution in [0.25, 0.3) is 0 Å². The van der Waals surface area contributed by atoms with Gasteiger partial charge in [-0.05, 0) is 54.3 Å².